The lowest BCUT2D eigenvalue weighted by Gasteiger charge is -2.02. The van der Waals surface area contributed by atoms with Crippen molar-refractivity contribution in [2.24, 2.45) is 0 Å². The van der Waals surface area contributed by atoms with Crippen LogP contribution >= 0.6 is 23.5 Å². The summed E-state index contributed by atoms with van der Waals surface area (Å²) in [5, 5.41) is 0. The van der Waals surface area contributed by atoms with Gasteiger partial charge in [-0.25, -0.2) is 0 Å². The van der Waals surface area contributed by atoms with Gasteiger partial charge in [-0.3, -0.25) is 4.79 Å². The molecule has 1 rings (SSSR count). The lowest BCUT2D eigenvalue weighted by molar-refractivity contribution is 0.102. The first-order valence-corrected chi connectivity index (χ1v) is 8.41. The maximum absolute atomic E-state index is 11.8. The molecule has 0 saturated heterocycles. The van der Waals surface area contributed by atoms with Gasteiger partial charge in [0.2, 0.25) is 0 Å². The zero-order chi connectivity index (χ0) is 12.5. The Bertz CT molecular complexity index is 333. The van der Waals surface area contributed by atoms with E-state index in [0.29, 0.717) is 5.75 Å². The molecule has 3 heteroatoms. The molecule has 0 heterocycles. The average molecular weight is 268 g/mol. The third-order valence-electron chi connectivity index (χ3n) is 2.54. The number of Topliss-reactive ketones (excluding diaryl/α,β-unsaturated/α-hetero) is 1. The molecule has 0 radical (unpaired) electrons. The zero-order valence-electron chi connectivity index (χ0n) is 10.6. The molecule has 0 aliphatic carbocycles. The Morgan fingerprint density at radius 3 is 2.47 bits per heavy atom. The van der Waals surface area contributed by atoms with Crippen LogP contribution in [0.5, 0.6) is 0 Å². The number of unbranched alkanes of at least 4 members (excludes halogenated alkanes) is 2. The van der Waals surface area contributed by atoms with Crippen LogP contribution in [0.3, 0.4) is 0 Å². The van der Waals surface area contributed by atoms with Gasteiger partial charge in [0, 0.05) is 10.5 Å². The maximum Gasteiger partial charge on any atom is 0.172 e. The molecule has 0 fully saturated rings. The molecule has 0 bridgehead atoms. The van der Waals surface area contributed by atoms with Gasteiger partial charge >= 0.3 is 0 Å². The highest BCUT2D eigenvalue weighted by molar-refractivity contribution is 8.00. The van der Waals surface area contributed by atoms with Crippen molar-refractivity contribution in [2.45, 2.75) is 31.1 Å². The van der Waals surface area contributed by atoms with Gasteiger partial charge in [0.05, 0.1) is 5.75 Å². The summed E-state index contributed by atoms with van der Waals surface area (Å²) in [7, 11) is 0. The van der Waals surface area contributed by atoms with Crippen LogP contribution in [-0.2, 0) is 0 Å². The van der Waals surface area contributed by atoms with Crippen molar-refractivity contribution in [1.82, 2.24) is 0 Å². The van der Waals surface area contributed by atoms with Crippen LogP contribution in [0.15, 0.2) is 29.2 Å². The summed E-state index contributed by atoms with van der Waals surface area (Å²) >= 11 is 3.45. The Labute approximate surface area is 113 Å². The molecule has 0 aliphatic heterocycles. The van der Waals surface area contributed by atoms with Crippen molar-refractivity contribution >= 4 is 29.3 Å². The van der Waals surface area contributed by atoms with Gasteiger partial charge < -0.3 is 0 Å². The number of thioether (sulfide) groups is 2. The molecule has 0 saturated carbocycles. The zero-order valence-corrected chi connectivity index (χ0v) is 12.2. The Kier molecular flexibility index (Phi) is 7.45. The number of carbonyl (C=O) groups excluding carboxylic acids is 1. The van der Waals surface area contributed by atoms with Gasteiger partial charge in [0.1, 0.15) is 0 Å². The quantitative estimate of drug-likeness (QED) is 0.392. The summed E-state index contributed by atoms with van der Waals surface area (Å²) in [6.07, 6.45) is 5.77. The predicted octanol–water partition coefficient (Wildman–Crippen LogP) is 4.51. The third-order valence-corrected chi connectivity index (χ3v) is 4.32. The van der Waals surface area contributed by atoms with E-state index in [0.717, 1.165) is 11.3 Å². The number of carbonyl (C=O) groups is 1. The minimum Gasteiger partial charge on any atom is -0.293 e. The normalized spacial score (nSPS) is 10.5. The van der Waals surface area contributed by atoms with Crippen molar-refractivity contribution in [2.75, 3.05) is 17.8 Å². The molecule has 0 aliphatic rings. The SMILES string of the molecule is CCCCCSCC(=O)c1ccc(SC)cc1. The summed E-state index contributed by atoms with van der Waals surface area (Å²) in [4.78, 5) is 13.1. The molecular weight excluding hydrogens is 248 g/mol. The Morgan fingerprint density at radius 2 is 1.88 bits per heavy atom. The molecular formula is C14H20OS2. The van der Waals surface area contributed by atoms with Gasteiger partial charge in [-0.2, -0.15) is 11.8 Å². The van der Waals surface area contributed by atoms with E-state index in [1.165, 1.54) is 24.2 Å². The van der Waals surface area contributed by atoms with E-state index in [2.05, 4.69) is 6.92 Å². The number of hydrogen-bond acceptors (Lipinski definition) is 3. The van der Waals surface area contributed by atoms with E-state index in [9.17, 15) is 4.79 Å². The fraction of sp³-hybridized carbons (Fsp3) is 0.500. The van der Waals surface area contributed by atoms with Crippen LogP contribution < -0.4 is 0 Å². The molecule has 0 N–H and O–H groups in total. The van der Waals surface area contributed by atoms with Crippen LogP contribution in [0, 0.1) is 0 Å². The minimum absolute atomic E-state index is 0.249. The highest BCUT2D eigenvalue weighted by Crippen LogP contribution is 2.16. The molecule has 17 heavy (non-hydrogen) atoms. The van der Waals surface area contributed by atoms with E-state index < -0.39 is 0 Å². The number of rotatable bonds is 8. The first kappa shape index (κ1) is 14.7. The van der Waals surface area contributed by atoms with Crippen molar-refractivity contribution < 1.29 is 4.79 Å². The molecule has 1 aromatic rings. The van der Waals surface area contributed by atoms with Gasteiger partial charge in [0.25, 0.3) is 0 Å². The van der Waals surface area contributed by atoms with Gasteiger partial charge in [-0.1, -0.05) is 31.9 Å². The van der Waals surface area contributed by atoms with E-state index in [1.807, 2.05) is 30.5 Å². The second-order valence-electron chi connectivity index (χ2n) is 3.91. The first-order chi connectivity index (χ1) is 8.27. The van der Waals surface area contributed by atoms with E-state index in [1.54, 1.807) is 23.5 Å². The van der Waals surface area contributed by atoms with Gasteiger partial charge in [0.15, 0.2) is 5.78 Å². The molecule has 0 aromatic heterocycles. The summed E-state index contributed by atoms with van der Waals surface area (Å²) in [5.74, 6) is 1.96. The molecule has 0 amide bonds. The standard InChI is InChI=1S/C14H20OS2/c1-3-4-5-10-17-11-14(15)12-6-8-13(16-2)9-7-12/h6-9H,3-5,10-11H2,1-2H3. The van der Waals surface area contributed by atoms with Crippen molar-refractivity contribution in [3.8, 4) is 0 Å². The summed E-state index contributed by atoms with van der Waals surface area (Å²) < 4.78 is 0. The second-order valence-corrected chi connectivity index (χ2v) is 5.90. The van der Waals surface area contributed by atoms with E-state index >= 15 is 0 Å². The van der Waals surface area contributed by atoms with Crippen molar-refractivity contribution in [1.29, 1.82) is 0 Å². The Hall–Kier alpha value is -0.410. The summed E-state index contributed by atoms with van der Waals surface area (Å²) in [5.41, 5.74) is 0.839. The Morgan fingerprint density at radius 1 is 1.18 bits per heavy atom. The molecule has 0 spiro atoms. The fourth-order valence-electron chi connectivity index (χ4n) is 1.48. The monoisotopic (exact) mass is 268 g/mol. The molecule has 94 valence electrons. The fourth-order valence-corrected chi connectivity index (χ4v) is 2.79. The molecule has 1 nitrogen and oxygen atoms in total. The highest BCUT2D eigenvalue weighted by Gasteiger charge is 2.05. The van der Waals surface area contributed by atoms with Crippen LogP contribution in [-0.4, -0.2) is 23.5 Å². The average Bonchev–Trinajstić information content (AvgIpc) is 2.38. The maximum atomic E-state index is 11.8. The largest absolute Gasteiger partial charge is 0.293 e. The first-order valence-electron chi connectivity index (χ1n) is 6.03. The van der Waals surface area contributed by atoms with Crippen LogP contribution in [0.2, 0.25) is 0 Å². The van der Waals surface area contributed by atoms with E-state index in [4.69, 9.17) is 0 Å². The lowest BCUT2D eigenvalue weighted by Crippen LogP contribution is -2.02. The number of ketones is 1. The minimum atomic E-state index is 0.249. The van der Waals surface area contributed by atoms with E-state index in [-0.39, 0.29) is 5.78 Å². The van der Waals surface area contributed by atoms with Crippen LogP contribution in [0.1, 0.15) is 36.5 Å². The predicted molar refractivity (Wildman–Crippen MR) is 79.4 cm³/mol. The van der Waals surface area contributed by atoms with Crippen LogP contribution in [0.25, 0.3) is 0 Å². The second kappa shape index (κ2) is 8.65. The number of benzene rings is 1. The van der Waals surface area contributed by atoms with Crippen molar-refractivity contribution in [3.05, 3.63) is 29.8 Å². The lowest BCUT2D eigenvalue weighted by atomic mass is 10.1. The Balaban J connectivity index is 2.31. The smallest absolute Gasteiger partial charge is 0.172 e. The third kappa shape index (κ3) is 5.64. The summed E-state index contributed by atoms with van der Waals surface area (Å²) in [6, 6.07) is 7.89. The van der Waals surface area contributed by atoms with Gasteiger partial charge in [-0.15, -0.1) is 11.8 Å². The summed E-state index contributed by atoms with van der Waals surface area (Å²) in [6.45, 7) is 2.20. The molecule has 0 atom stereocenters. The highest BCUT2D eigenvalue weighted by atomic mass is 32.2. The molecule has 0 unspecified atom stereocenters. The number of hydrogen-bond donors (Lipinski definition) is 0. The van der Waals surface area contributed by atoms with Crippen molar-refractivity contribution in [3.63, 3.8) is 0 Å². The molecule has 1 aromatic carbocycles. The topological polar surface area (TPSA) is 17.1 Å². The van der Waals surface area contributed by atoms with Crippen LogP contribution in [0.4, 0.5) is 0 Å². The van der Waals surface area contributed by atoms with Gasteiger partial charge in [-0.05, 0) is 30.6 Å².